The van der Waals surface area contributed by atoms with E-state index in [4.69, 9.17) is 9.15 Å². The molecule has 0 spiro atoms. The van der Waals surface area contributed by atoms with Crippen LogP contribution in [0.15, 0.2) is 27.2 Å². The molecule has 3 heterocycles. The highest BCUT2D eigenvalue weighted by molar-refractivity contribution is 9.10. The van der Waals surface area contributed by atoms with Gasteiger partial charge >= 0.3 is 5.97 Å². The Hall–Kier alpha value is -2.88. The molecule has 1 amide bonds. The molecule has 10 heteroatoms. The first-order chi connectivity index (χ1) is 13.3. The number of aromatic nitrogens is 4. The maximum absolute atomic E-state index is 12.5. The van der Waals surface area contributed by atoms with Crippen LogP contribution in [-0.4, -0.2) is 38.5 Å². The minimum absolute atomic E-state index is 0.0389. The molecule has 0 radical (unpaired) electrons. The minimum atomic E-state index is -0.627. The number of rotatable bonds is 6. The van der Waals surface area contributed by atoms with Crippen molar-refractivity contribution in [1.82, 2.24) is 19.6 Å². The summed E-state index contributed by atoms with van der Waals surface area (Å²) >= 11 is 3.49. The van der Waals surface area contributed by atoms with Crippen LogP contribution in [0.5, 0.6) is 0 Å². The third kappa shape index (κ3) is 3.86. The lowest BCUT2D eigenvalue weighted by Gasteiger charge is -2.03. The van der Waals surface area contributed by atoms with Crippen LogP contribution < -0.4 is 5.32 Å². The fourth-order valence-corrected chi connectivity index (χ4v) is 2.95. The van der Waals surface area contributed by atoms with Crippen LogP contribution in [0.25, 0.3) is 0 Å². The molecular weight excluding hydrogens is 430 g/mol. The van der Waals surface area contributed by atoms with Crippen molar-refractivity contribution in [3.8, 4) is 0 Å². The summed E-state index contributed by atoms with van der Waals surface area (Å²) in [6.45, 7) is 6.66. The zero-order valence-electron chi connectivity index (χ0n) is 15.9. The first-order valence-electron chi connectivity index (χ1n) is 8.59. The number of esters is 1. The van der Waals surface area contributed by atoms with Crippen molar-refractivity contribution < 1.29 is 18.7 Å². The fraction of sp³-hybridized carbons (Fsp3) is 0.333. The first kappa shape index (κ1) is 19.9. The van der Waals surface area contributed by atoms with Gasteiger partial charge in [-0.25, -0.2) is 4.79 Å². The molecule has 0 aliphatic heterocycles. The van der Waals surface area contributed by atoms with E-state index in [1.807, 2.05) is 20.8 Å². The molecule has 148 valence electrons. The summed E-state index contributed by atoms with van der Waals surface area (Å²) in [4.78, 5) is 24.4. The molecular formula is C18H20BrN5O4. The standard InChI is InChI=1S/C18H20BrN5O4/c1-5-23-9-13(16(22-23)18(26)27-4)20-17(25)14-7-6-12(28-14)8-24-11(3)15(19)10(2)21-24/h6-7,9H,5,8H2,1-4H3,(H,20,25). The van der Waals surface area contributed by atoms with E-state index in [1.165, 1.54) is 11.8 Å². The van der Waals surface area contributed by atoms with Gasteiger partial charge in [0, 0.05) is 12.7 Å². The van der Waals surface area contributed by atoms with Crippen LogP contribution in [0.2, 0.25) is 0 Å². The highest BCUT2D eigenvalue weighted by atomic mass is 79.9. The smallest absolute Gasteiger partial charge is 0.360 e. The molecule has 0 aliphatic rings. The average molecular weight is 450 g/mol. The van der Waals surface area contributed by atoms with Crippen LogP contribution in [0.4, 0.5) is 5.69 Å². The van der Waals surface area contributed by atoms with E-state index < -0.39 is 11.9 Å². The number of carbonyl (C=O) groups is 2. The lowest BCUT2D eigenvalue weighted by Crippen LogP contribution is -2.14. The molecule has 3 rings (SSSR count). The molecule has 0 aliphatic carbocycles. The molecule has 3 aromatic rings. The molecule has 28 heavy (non-hydrogen) atoms. The number of furan rings is 1. The topological polar surface area (TPSA) is 104 Å². The zero-order valence-corrected chi connectivity index (χ0v) is 17.5. The summed E-state index contributed by atoms with van der Waals surface area (Å²) in [7, 11) is 1.26. The predicted octanol–water partition coefficient (Wildman–Crippen LogP) is 3.16. The number of nitrogens with zero attached hydrogens (tertiary/aromatic N) is 4. The molecule has 3 aromatic heterocycles. The van der Waals surface area contributed by atoms with E-state index in [2.05, 4.69) is 31.4 Å². The molecule has 0 unspecified atom stereocenters. The Morgan fingerprint density at radius 2 is 2.04 bits per heavy atom. The third-order valence-electron chi connectivity index (χ3n) is 4.20. The van der Waals surface area contributed by atoms with Crippen LogP contribution in [0, 0.1) is 13.8 Å². The number of aryl methyl sites for hydroxylation is 2. The van der Waals surface area contributed by atoms with Gasteiger partial charge in [0.25, 0.3) is 5.91 Å². The van der Waals surface area contributed by atoms with Gasteiger partial charge in [0.1, 0.15) is 5.76 Å². The number of hydrogen-bond donors (Lipinski definition) is 1. The Labute approximate surface area is 169 Å². The molecule has 0 aromatic carbocycles. The second-order valence-corrected chi connectivity index (χ2v) is 6.89. The molecule has 0 saturated carbocycles. The van der Waals surface area contributed by atoms with Crippen molar-refractivity contribution in [2.45, 2.75) is 33.9 Å². The molecule has 0 fully saturated rings. The van der Waals surface area contributed by atoms with Gasteiger partial charge in [0.05, 0.1) is 35.2 Å². The summed E-state index contributed by atoms with van der Waals surface area (Å²) in [6.07, 6.45) is 1.57. The lowest BCUT2D eigenvalue weighted by molar-refractivity contribution is 0.0594. The monoisotopic (exact) mass is 449 g/mol. The van der Waals surface area contributed by atoms with Gasteiger partial charge in [-0.15, -0.1) is 0 Å². The summed E-state index contributed by atoms with van der Waals surface area (Å²) in [5, 5.41) is 11.2. The summed E-state index contributed by atoms with van der Waals surface area (Å²) in [6, 6.07) is 3.30. The number of carbonyl (C=O) groups excluding carboxylic acids is 2. The molecule has 0 bridgehead atoms. The quantitative estimate of drug-likeness (QED) is 0.579. The van der Waals surface area contributed by atoms with Gasteiger partial charge in [-0.1, -0.05) is 0 Å². The van der Waals surface area contributed by atoms with Gasteiger partial charge in [0.2, 0.25) is 0 Å². The summed E-state index contributed by atoms with van der Waals surface area (Å²) < 4.78 is 14.6. The largest absolute Gasteiger partial charge is 0.464 e. The molecule has 1 N–H and O–H groups in total. The van der Waals surface area contributed by atoms with Crippen LogP contribution >= 0.6 is 15.9 Å². The number of amides is 1. The Bertz CT molecular complexity index is 1030. The maximum atomic E-state index is 12.5. The van der Waals surface area contributed by atoms with E-state index in [1.54, 1.807) is 23.0 Å². The SMILES string of the molecule is CCn1cc(NC(=O)c2ccc(Cn3nc(C)c(Br)c3C)o2)c(C(=O)OC)n1. The van der Waals surface area contributed by atoms with Crippen molar-refractivity contribution in [3.05, 3.63) is 51.4 Å². The van der Waals surface area contributed by atoms with Gasteiger partial charge in [-0.3, -0.25) is 14.2 Å². The van der Waals surface area contributed by atoms with Gasteiger partial charge in [0.15, 0.2) is 11.5 Å². The number of anilines is 1. The van der Waals surface area contributed by atoms with Crippen molar-refractivity contribution >= 4 is 33.5 Å². The molecule has 0 saturated heterocycles. The Kier molecular flexibility index (Phi) is 5.68. The average Bonchev–Trinajstić information content (AvgIpc) is 3.37. The fourth-order valence-electron chi connectivity index (χ4n) is 2.67. The highest BCUT2D eigenvalue weighted by Crippen LogP contribution is 2.22. The number of nitrogens with one attached hydrogen (secondary N) is 1. The lowest BCUT2D eigenvalue weighted by atomic mass is 10.3. The van der Waals surface area contributed by atoms with Gasteiger partial charge in [-0.05, 0) is 48.8 Å². The number of methoxy groups -OCH3 is 1. The van der Waals surface area contributed by atoms with Crippen molar-refractivity contribution in [2.24, 2.45) is 0 Å². The Morgan fingerprint density at radius 1 is 1.29 bits per heavy atom. The third-order valence-corrected chi connectivity index (χ3v) is 5.34. The van der Waals surface area contributed by atoms with Crippen LogP contribution in [0.1, 0.15) is 45.1 Å². The first-order valence-corrected chi connectivity index (χ1v) is 9.38. The Morgan fingerprint density at radius 3 is 2.64 bits per heavy atom. The molecule has 0 atom stereocenters. The predicted molar refractivity (Wildman–Crippen MR) is 104 cm³/mol. The maximum Gasteiger partial charge on any atom is 0.360 e. The number of hydrogen-bond acceptors (Lipinski definition) is 6. The van der Waals surface area contributed by atoms with Gasteiger partial charge < -0.3 is 14.5 Å². The second-order valence-electron chi connectivity index (χ2n) is 6.10. The van der Waals surface area contributed by atoms with E-state index >= 15 is 0 Å². The highest BCUT2D eigenvalue weighted by Gasteiger charge is 2.21. The molecule has 9 nitrogen and oxygen atoms in total. The zero-order chi connectivity index (χ0) is 20.4. The van der Waals surface area contributed by atoms with E-state index in [0.717, 1.165) is 15.9 Å². The summed E-state index contributed by atoms with van der Waals surface area (Å²) in [5.74, 6) is -0.407. The van der Waals surface area contributed by atoms with Crippen LogP contribution in [-0.2, 0) is 17.8 Å². The summed E-state index contributed by atoms with van der Waals surface area (Å²) in [5.41, 5.74) is 2.15. The van der Waals surface area contributed by atoms with Gasteiger partial charge in [-0.2, -0.15) is 10.2 Å². The van der Waals surface area contributed by atoms with E-state index in [0.29, 0.717) is 18.8 Å². The van der Waals surface area contributed by atoms with E-state index in [-0.39, 0.29) is 17.1 Å². The van der Waals surface area contributed by atoms with Crippen LogP contribution in [0.3, 0.4) is 0 Å². The van der Waals surface area contributed by atoms with E-state index in [9.17, 15) is 9.59 Å². The minimum Gasteiger partial charge on any atom is -0.464 e. The van der Waals surface area contributed by atoms with Crippen molar-refractivity contribution in [3.63, 3.8) is 0 Å². The number of ether oxygens (including phenoxy) is 1. The number of halogens is 1. The normalized spacial score (nSPS) is 10.9. The second kappa shape index (κ2) is 8.01. The van der Waals surface area contributed by atoms with Crippen molar-refractivity contribution in [1.29, 1.82) is 0 Å². The van der Waals surface area contributed by atoms with Crippen molar-refractivity contribution in [2.75, 3.05) is 12.4 Å². The Balaban J connectivity index is 1.77.